The van der Waals surface area contributed by atoms with Gasteiger partial charge in [0, 0.05) is 25.5 Å². The van der Waals surface area contributed by atoms with Crippen LogP contribution in [0.4, 0.5) is 13.2 Å². The molecule has 106 valence electrons. The van der Waals surface area contributed by atoms with Gasteiger partial charge in [-0.1, -0.05) is 12.1 Å². The highest BCUT2D eigenvalue weighted by Crippen LogP contribution is 2.27. The second-order valence-corrected chi connectivity index (χ2v) is 4.49. The Morgan fingerprint density at radius 2 is 1.95 bits per heavy atom. The lowest BCUT2D eigenvalue weighted by atomic mass is 10.2. The zero-order valence-corrected chi connectivity index (χ0v) is 10.9. The van der Waals surface area contributed by atoms with Gasteiger partial charge in [-0.3, -0.25) is 4.98 Å². The first-order valence-corrected chi connectivity index (χ1v) is 6.09. The third kappa shape index (κ3) is 4.03. The average molecular weight is 281 g/mol. The monoisotopic (exact) mass is 281 g/mol. The lowest BCUT2D eigenvalue weighted by molar-refractivity contribution is -0.141. The molecule has 2 rings (SSSR count). The molecule has 2 heterocycles. The second kappa shape index (κ2) is 6.00. The molecule has 2 aromatic rings. The standard InChI is InChI=1S/C14H14F3N3/c1-10-5-11(7-18-6-10)8-19-9-12-3-2-4-13(20-12)14(15,16)17/h2-7,19H,8-9H2,1H3. The number of nitrogens with zero attached hydrogens (tertiary/aromatic N) is 2. The van der Waals surface area contributed by atoms with E-state index in [2.05, 4.69) is 15.3 Å². The van der Waals surface area contributed by atoms with Crippen LogP contribution in [0.5, 0.6) is 0 Å². The maximum absolute atomic E-state index is 12.5. The fourth-order valence-electron chi connectivity index (χ4n) is 1.79. The van der Waals surface area contributed by atoms with Crippen LogP contribution in [-0.2, 0) is 19.3 Å². The van der Waals surface area contributed by atoms with Crippen LogP contribution in [-0.4, -0.2) is 9.97 Å². The van der Waals surface area contributed by atoms with Gasteiger partial charge in [-0.25, -0.2) is 4.98 Å². The molecule has 0 aliphatic heterocycles. The Balaban J connectivity index is 1.94. The van der Waals surface area contributed by atoms with Crippen molar-refractivity contribution in [3.63, 3.8) is 0 Å². The summed E-state index contributed by atoms with van der Waals surface area (Å²) in [5.74, 6) is 0. The van der Waals surface area contributed by atoms with E-state index >= 15 is 0 Å². The number of hydrogen-bond acceptors (Lipinski definition) is 3. The summed E-state index contributed by atoms with van der Waals surface area (Å²) >= 11 is 0. The molecule has 0 aliphatic carbocycles. The van der Waals surface area contributed by atoms with Crippen LogP contribution in [0.3, 0.4) is 0 Å². The maximum atomic E-state index is 12.5. The van der Waals surface area contributed by atoms with Crippen molar-refractivity contribution < 1.29 is 13.2 Å². The summed E-state index contributed by atoms with van der Waals surface area (Å²) in [7, 11) is 0. The van der Waals surface area contributed by atoms with Gasteiger partial charge in [0.1, 0.15) is 5.69 Å². The van der Waals surface area contributed by atoms with Gasteiger partial charge in [0.25, 0.3) is 0 Å². The second-order valence-electron chi connectivity index (χ2n) is 4.49. The van der Waals surface area contributed by atoms with Crippen molar-refractivity contribution in [3.8, 4) is 0 Å². The Hall–Kier alpha value is -1.95. The van der Waals surface area contributed by atoms with Gasteiger partial charge < -0.3 is 5.32 Å². The number of alkyl halides is 3. The summed E-state index contributed by atoms with van der Waals surface area (Å²) in [4.78, 5) is 7.64. The molecule has 0 saturated carbocycles. The van der Waals surface area contributed by atoms with Crippen LogP contribution in [0.15, 0.2) is 36.7 Å². The van der Waals surface area contributed by atoms with Crippen molar-refractivity contribution in [1.29, 1.82) is 0 Å². The predicted molar refractivity (Wildman–Crippen MR) is 68.8 cm³/mol. The Morgan fingerprint density at radius 1 is 1.15 bits per heavy atom. The fraction of sp³-hybridized carbons (Fsp3) is 0.286. The molecule has 0 fully saturated rings. The largest absolute Gasteiger partial charge is 0.433 e. The summed E-state index contributed by atoms with van der Waals surface area (Å²) < 4.78 is 37.5. The Kier molecular flexibility index (Phi) is 4.34. The number of halogens is 3. The van der Waals surface area contributed by atoms with E-state index in [9.17, 15) is 13.2 Å². The lowest BCUT2D eigenvalue weighted by Crippen LogP contribution is -2.16. The van der Waals surface area contributed by atoms with Gasteiger partial charge in [0.15, 0.2) is 0 Å². The molecule has 1 N–H and O–H groups in total. The van der Waals surface area contributed by atoms with Gasteiger partial charge >= 0.3 is 6.18 Å². The number of nitrogens with one attached hydrogen (secondary N) is 1. The highest BCUT2D eigenvalue weighted by molar-refractivity contribution is 5.17. The van der Waals surface area contributed by atoms with E-state index in [1.165, 1.54) is 6.07 Å². The van der Waals surface area contributed by atoms with Gasteiger partial charge in [-0.15, -0.1) is 0 Å². The first-order chi connectivity index (χ1) is 9.45. The summed E-state index contributed by atoms with van der Waals surface area (Å²) in [6.07, 6.45) is -0.937. The van der Waals surface area contributed by atoms with Crippen LogP contribution in [0.1, 0.15) is 22.5 Å². The normalized spacial score (nSPS) is 11.6. The summed E-state index contributed by atoms with van der Waals surface area (Å²) in [6.45, 7) is 2.75. The zero-order chi connectivity index (χ0) is 14.6. The summed E-state index contributed by atoms with van der Waals surface area (Å²) in [5, 5.41) is 3.05. The van der Waals surface area contributed by atoms with Crippen LogP contribution >= 0.6 is 0 Å². The molecule has 2 aromatic heterocycles. The fourth-order valence-corrected chi connectivity index (χ4v) is 1.79. The van der Waals surface area contributed by atoms with Crippen LogP contribution in [0, 0.1) is 6.92 Å². The number of aromatic nitrogens is 2. The molecular weight excluding hydrogens is 267 g/mol. The van der Waals surface area contributed by atoms with Crippen molar-refractivity contribution in [2.24, 2.45) is 0 Å². The van der Waals surface area contributed by atoms with E-state index in [-0.39, 0.29) is 6.54 Å². The predicted octanol–water partition coefficient (Wildman–Crippen LogP) is 3.09. The molecule has 0 saturated heterocycles. The number of hydrogen-bond donors (Lipinski definition) is 1. The molecule has 20 heavy (non-hydrogen) atoms. The van der Waals surface area contributed by atoms with E-state index < -0.39 is 11.9 Å². The third-order valence-electron chi connectivity index (χ3n) is 2.66. The topological polar surface area (TPSA) is 37.8 Å². The van der Waals surface area contributed by atoms with E-state index in [4.69, 9.17) is 0 Å². The minimum absolute atomic E-state index is 0.276. The molecule has 0 aliphatic rings. The van der Waals surface area contributed by atoms with Gasteiger partial charge in [0.2, 0.25) is 0 Å². The highest BCUT2D eigenvalue weighted by Gasteiger charge is 2.32. The van der Waals surface area contributed by atoms with Gasteiger partial charge in [-0.2, -0.15) is 13.2 Å². The maximum Gasteiger partial charge on any atom is 0.433 e. The molecule has 0 atom stereocenters. The molecular formula is C14H14F3N3. The Labute approximate surface area is 114 Å². The Bertz CT molecular complexity index is 582. The molecule has 3 nitrogen and oxygen atoms in total. The minimum atomic E-state index is -4.41. The van der Waals surface area contributed by atoms with Crippen molar-refractivity contribution in [3.05, 3.63) is 59.2 Å². The third-order valence-corrected chi connectivity index (χ3v) is 2.66. The molecule has 6 heteroatoms. The summed E-state index contributed by atoms with van der Waals surface area (Å²) in [6, 6.07) is 5.87. The van der Waals surface area contributed by atoms with Crippen molar-refractivity contribution in [2.75, 3.05) is 0 Å². The van der Waals surface area contributed by atoms with Crippen molar-refractivity contribution in [2.45, 2.75) is 26.2 Å². The molecule has 0 radical (unpaired) electrons. The quantitative estimate of drug-likeness (QED) is 0.935. The van der Waals surface area contributed by atoms with Crippen LogP contribution < -0.4 is 5.32 Å². The van der Waals surface area contributed by atoms with Crippen molar-refractivity contribution >= 4 is 0 Å². The van der Waals surface area contributed by atoms with Gasteiger partial charge in [-0.05, 0) is 30.2 Å². The SMILES string of the molecule is Cc1cncc(CNCc2cccc(C(F)(F)F)n2)c1. The number of rotatable bonds is 4. The number of aryl methyl sites for hydroxylation is 1. The van der Waals surface area contributed by atoms with E-state index in [0.717, 1.165) is 17.2 Å². The van der Waals surface area contributed by atoms with E-state index in [1.54, 1.807) is 18.5 Å². The lowest BCUT2D eigenvalue weighted by Gasteiger charge is -2.08. The van der Waals surface area contributed by atoms with Gasteiger partial charge in [0.05, 0.1) is 5.69 Å². The molecule has 0 spiro atoms. The summed E-state index contributed by atoms with van der Waals surface area (Å²) in [5.41, 5.74) is 1.52. The first kappa shape index (κ1) is 14.5. The average Bonchev–Trinajstić information content (AvgIpc) is 2.38. The van der Waals surface area contributed by atoms with Crippen LogP contribution in [0.25, 0.3) is 0 Å². The zero-order valence-electron chi connectivity index (χ0n) is 10.9. The molecule has 0 amide bonds. The Morgan fingerprint density at radius 3 is 2.65 bits per heavy atom. The molecule has 0 aromatic carbocycles. The smallest absolute Gasteiger partial charge is 0.307 e. The van der Waals surface area contributed by atoms with E-state index in [1.807, 2.05) is 13.0 Å². The minimum Gasteiger partial charge on any atom is -0.307 e. The van der Waals surface area contributed by atoms with Crippen molar-refractivity contribution in [1.82, 2.24) is 15.3 Å². The molecule has 0 bridgehead atoms. The molecule has 0 unspecified atom stereocenters. The highest BCUT2D eigenvalue weighted by atomic mass is 19.4. The van der Waals surface area contributed by atoms with E-state index in [0.29, 0.717) is 12.2 Å². The first-order valence-electron chi connectivity index (χ1n) is 6.09. The van der Waals surface area contributed by atoms with Crippen LogP contribution in [0.2, 0.25) is 0 Å². The number of pyridine rings is 2.